The minimum atomic E-state index is -4.27. The highest BCUT2D eigenvalue weighted by Crippen LogP contribution is 2.41. The number of rotatable bonds is 8. The molecule has 3 N–H and O–H groups in total. The van der Waals surface area contributed by atoms with Crippen LogP contribution in [0.1, 0.15) is 42.7 Å². The van der Waals surface area contributed by atoms with E-state index >= 15 is 0 Å². The van der Waals surface area contributed by atoms with Gasteiger partial charge in [0.05, 0.1) is 5.39 Å². The van der Waals surface area contributed by atoms with E-state index < -0.39 is 18.3 Å². The first-order chi connectivity index (χ1) is 13.2. The van der Waals surface area contributed by atoms with Gasteiger partial charge in [0, 0.05) is 43.5 Å². The zero-order valence-corrected chi connectivity index (χ0v) is 16.8. The lowest BCUT2D eigenvalue weighted by Gasteiger charge is -2.13. The molecule has 0 aliphatic heterocycles. The Hall–Kier alpha value is -1.65. The molecule has 28 heavy (non-hydrogen) atoms. The van der Waals surface area contributed by atoms with Crippen LogP contribution >= 0.6 is 11.3 Å². The van der Waals surface area contributed by atoms with Crippen molar-refractivity contribution in [2.24, 2.45) is 11.7 Å². The van der Waals surface area contributed by atoms with Crippen LogP contribution < -0.4 is 22.3 Å². The molecular weight excluding hydrogens is 393 g/mol. The maximum absolute atomic E-state index is 13.1. The fourth-order valence-corrected chi connectivity index (χ4v) is 4.76. The monoisotopic (exact) mass is 418 g/mol. The van der Waals surface area contributed by atoms with Gasteiger partial charge in [-0.15, -0.1) is 11.3 Å². The van der Waals surface area contributed by atoms with E-state index in [0.717, 1.165) is 16.9 Å². The van der Waals surface area contributed by atoms with Crippen LogP contribution in [0.25, 0.3) is 10.2 Å². The van der Waals surface area contributed by atoms with Gasteiger partial charge >= 0.3 is 11.9 Å². The predicted octanol–water partition coefficient (Wildman–Crippen LogP) is 2.50. The van der Waals surface area contributed by atoms with E-state index in [1.54, 1.807) is 0 Å². The molecule has 2 atom stereocenters. The Morgan fingerprint density at radius 1 is 1.32 bits per heavy atom. The number of nitrogens with zero attached hydrogens (tertiary/aromatic N) is 2. The number of halogens is 3. The Morgan fingerprint density at radius 2 is 2.00 bits per heavy atom. The van der Waals surface area contributed by atoms with Gasteiger partial charge in [-0.2, -0.15) is 13.2 Å². The van der Waals surface area contributed by atoms with E-state index in [1.165, 1.54) is 20.5 Å². The van der Waals surface area contributed by atoms with E-state index in [-0.39, 0.29) is 30.5 Å². The summed E-state index contributed by atoms with van der Waals surface area (Å²) in [7, 11) is 0. The molecule has 0 amide bonds. The Kier molecular flexibility index (Phi) is 6.02. The van der Waals surface area contributed by atoms with Crippen molar-refractivity contribution < 1.29 is 13.2 Å². The van der Waals surface area contributed by atoms with Crippen molar-refractivity contribution in [1.29, 1.82) is 0 Å². The zero-order valence-electron chi connectivity index (χ0n) is 15.9. The molecule has 2 heterocycles. The first-order valence-electron chi connectivity index (χ1n) is 9.40. The third-order valence-electron chi connectivity index (χ3n) is 5.19. The summed E-state index contributed by atoms with van der Waals surface area (Å²) < 4.78 is 40.4. The second-order valence-electron chi connectivity index (χ2n) is 7.40. The number of aromatic nitrogens is 2. The molecule has 10 heteroatoms. The quantitative estimate of drug-likeness (QED) is 0.646. The van der Waals surface area contributed by atoms with Crippen LogP contribution in [0.15, 0.2) is 9.59 Å². The molecule has 6 nitrogen and oxygen atoms in total. The normalized spacial score (nSPS) is 19.5. The standard InChI is InChI=1S/C18H25F3N4O2S/c1-10-8-12(10)25-15(26)14-11(2)13(9-23-6-5-22)28-16(14)24(17(25)27)7-3-4-18(19,20)21/h10,12,23H,3-9,22H2,1-2H3. The van der Waals surface area contributed by atoms with Crippen molar-refractivity contribution in [3.63, 3.8) is 0 Å². The molecule has 0 saturated heterocycles. The summed E-state index contributed by atoms with van der Waals surface area (Å²) in [4.78, 5) is 27.4. The number of hydrogen-bond donors (Lipinski definition) is 2. The topological polar surface area (TPSA) is 82.1 Å². The summed E-state index contributed by atoms with van der Waals surface area (Å²) in [6.45, 7) is 5.29. The molecule has 0 aromatic carbocycles. The third-order valence-corrected chi connectivity index (χ3v) is 6.50. The highest BCUT2D eigenvalue weighted by atomic mass is 32.1. The number of nitrogens with two attached hydrogens (primary N) is 1. The highest BCUT2D eigenvalue weighted by molar-refractivity contribution is 7.18. The summed E-state index contributed by atoms with van der Waals surface area (Å²) in [5, 5.41) is 3.61. The molecule has 156 valence electrons. The molecule has 1 aliphatic rings. The molecule has 2 aromatic rings. The Balaban J connectivity index is 2.08. The summed E-state index contributed by atoms with van der Waals surface area (Å²) >= 11 is 1.29. The van der Waals surface area contributed by atoms with E-state index in [4.69, 9.17) is 5.73 Å². The minimum Gasteiger partial charge on any atom is -0.329 e. The summed E-state index contributed by atoms with van der Waals surface area (Å²) in [6.07, 6.45) is -4.70. The largest absolute Gasteiger partial charge is 0.389 e. The average molecular weight is 418 g/mol. The molecule has 2 aromatic heterocycles. The average Bonchev–Trinajstić information content (AvgIpc) is 3.21. The van der Waals surface area contributed by atoms with E-state index in [0.29, 0.717) is 29.9 Å². The number of nitrogens with one attached hydrogen (secondary N) is 1. The van der Waals surface area contributed by atoms with Gasteiger partial charge in [0.25, 0.3) is 5.56 Å². The summed E-state index contributed by atoms with van der Waals surface area (Å²) in [5.74, 6) is 0.219. The molecule has 2 unspecified atom stereocenters. The lowest BCUT2D eigenvalue weighted by Crippen LogP contribution is -2.39. The Morgan fingerprint density at radius 3 is 2.57 bits per heavy atom. The lowest BCUT2D eigenvalue weighted by molar-refractivity contribution is -0.135. The fourth-order valence-electron chi connectivity index (χ4n) is 3.47. The number of thiophene rings is 1. The number of hydrogen-bond acceptors (Lipinski definition) is 5. The van der Waals surface area contributed by atoms with Crippen LogP contribution in [-0.2, 0) is 13.1 Å². The Bertz CT molecular complexity index is 976. The van der Waals surface area contributed by atoms with Crippen LogP contribution in [0.3, 0.4) is 0 Å². The summed E-state index contributed by atoms with van der Waals surface area (Å²) in [6, 6.07) is -0.170. The maximum atomic E-state index is 13.1. The zero-order chi connectivity index (χ0) is 20.6. The van der Waals surface area contributed by atoms with Crippen LogP contribution in [0.5, 0.6) is 0 Å². The van der Waals surface area contributed by atoms with Crippen LogP contribution in [0.2, 0.25) is 0 Å². The van der Waals surface area contributed by atoms with Crippen molar-refractivity contribution in [2.75, 3.05) is 13.1 Å². The van der Waals surface area contributed by atoms with Gasteiger partial charge in [0.2, 0.25) is 0 Å². The third kappa shape index (κ3) is 4.18. The van der Waals surface area contributed by atoms with Gasteiger partial charge in [0.15, 0.2) is 0 Å². The maximum Gasteiger partial charge on any atom is 0.389 e. The van der Waals surface area contributed by atoms with Crippen LogP contribution in [0.4, 0.5) is 13.2 Å². The lowest BCUT2D eigenvalue weighted by atomic mass is 10.2. The second-order valence-corrected chi connectivity index (χ2v) is 8.49. The first-order valence-corrected chi connectivity index (χ1v) is 10.2. The van der Waals surface area contributed by atoms with Gasteiger partial charge in [-0.25, -0.2) is 4.79 Å². The number of fused-ring (bicyclic) bond motifs is 1. The molecule has 1 saturated carbocycles. The van der Waals surface area contributed by atoms with E-state index in [1.807, 2.05) is 13.8 Å². The molecule has 0 bridgehead atoms. The molecule has 3 rings (SSSR count). The first kappa shape index (κ1) is 21.1. The molecule has 0 spiro atoms. The van der Waals surface area contributed by atoms with Gasteiger partial charge in [-0.3, -0.25) is 13.9 Å². The van der Waals surface area contributed by atoms with Gasteiger partial charge < -0.3 is 11.1 Å². The van der Waals surface area contributed by atoms with Crippen molar-refractivity contribution in [1.82, 2.24) is 14.5 Å². The van der Waals surface area contributed by atoms with Crippen LogP contribution in [0, 0.1) is 12.8 Å². The predicted molar refractivity (Wildman–Crippen MR) is 104 cm³/mol. The van der Waals surface area contributed by atoms with Crippen LogP contribution in [-0.4, -0.2) is 28.4 Å². The van der Waals surface area contributed by atoms with Crippen molar-refractivity contribution in [3.05, 3.63) is 31.3 Å². The van der Waals surface area contributed by atoms with Crippen molar-refractivity contribution in [3.8, 4) is 0 Å². The molecular formula is C18H25F3N4O2S. The number of aryl methyl sites for hydroxylation is 2. The van der Waals surface area contributed by atoms with E-state index in [9.17, 15) is 22.8 Å². The van der Waals surface area contributed by atoms with Gasteiger partial charge in [0.1, 0.15) is 4.83 Å². The SMILES string of the molecule is Cc1c(CNCCN)sc2c1c(=O)n(C1CC1C)c(=O)n2CCCC(F)(F)F. The summed E-state index contributed by atoms with van der Waals surface area (Å²) in [5.41, 5.74) is 5.43. The van der Waals surface area contributed by atoms with E-state index in [2.05, 4.69) is 5.32 Å². The molecule has 1 aliphatic carbocycles. The highest BCUT2D eigenvalue weighted by Gasteiger charge is 2.38. The molecule has 1 fully saturated rings. The van der Waals surface area contributed by atoms with Gasteiger partial charge in [-0.05, 0) is 31.2 Å². The van der Waals surface area contributed by atoms with Crippen molar-refractivity contribution >= 4 is 21.6 Å². The van der Waals surface area contributed by atoms with Crippen molar-refractivity contribution in [2.45, 2.75) is 58.4 Å². The number of alkyl halides is 3. The Labute approximate surface area is 164 Å². The fraction of sp³-hybridized carbons (Fsp3) is 0.667. The minimum absolute atomic E-state index is 0.0636. The second kappa shape index (κ2) is 8.00. The molecule has 0 radical (unpaired) electrons. The smallest absolute Gasteiger partial charge is 0.329 e. The van der Waals surface area contributed by atoms with Gasteiger partial charge in [-0.1, -0.05) is 6.92 Å².